The highest BCUT2D eigenvalue weighted by atomic mass is 16.5. The van der Waals surface area contributed by atoms with Crippen molar-refractivity contribution in [2.75, 3.05) is 48.6 Å². The molecule has 2 aromatic rings. The molecule has 162 valence electrons. The number of carbonyl (C=O) groups excluding carboxylic acids is 1. The first-order valence-electron chi connectivity index (χ1n) is 10.2. The predicted octanol–water partition coefficient (Wildman–Crippen LogP) is 3.60. The summed E-state index contributed by atoms with van der Waals surface area (Å²) < 4.78 is 22.8. The Balaban J connectivity index is 2.06. The van der Waals surface area contributed by atoms with E-state index in [0.717, 1.165) is 65.3 Å². The van der Waals surface area contributed by atoms with Crippen LogP contribution in [0.2, 0.25) is 0 Å². The summed E-state index contributed by atoms with van der Waals surface area (Å²) in [5, 5.41) is 0. The molecule has 0 saturated heterocycles. The summed E-state index contributed by atoms with van der Waals surface area (Å²) in [5.74, 6) is 2.93. The third-order valence-corrected chi connectivity index (χ3v) is 6.28. The van der Waals surface area contributed by atoms with Crippen molar-refractivity contribution >= 4 is 6.29 Å². The van der Waals surface area contributed by atoms with Gasteiger partial charge in [0.2, 0.25) is 0 Å². The first kappa shape index (κ1) is 22.0. The van der Waals surface area contributed by atoms with Gasteiger partial charge in [0, 0.05) is 18.4 Å². The van der Waals surface area contributed by atoms with Crippen LogP contribution >= 0.6 is 0 Å². The molecule has 0 N–H and O–H groups in total. The van der Waals surface area contributed by atoms with Crippen LogP contribution in [0.1, 0.15) is 29.2 Å². The summed E-state index contributed by atoms with van der Waals surface area (Å²) in [5.41, 5.74) is 3.69. The van der Waals surface area contributed by atoms with E-state index in [1.807, 2.05) is 12.1 Å². The fraction of sp³-hybridized carbons (Fsp3) is 0.458. The average molecular weight is 415 g/mol. The maximum Gasteiger partial charge on any atom is 0.161 e. The summed E-state index contributed by atoms with van der Waals surface area (Å²) in [6.07, 6.45) is 3.31. The van der Waals surface area contributed by atoms with Gasteiger partial charge in [0.25, 0.3) is 0 Å². The number of carbonyl (C=O) groups is 1. The lowest BCUT2D eigenvalue weighted by Gasteiger charge is -2.46. The van der Waals surface area contributed by atoms with Crippen molar-refractivity contribution < 1.29 is 28.2 Å². The van der Waals surface area contributed by atoms with Crippen molar-refractivity contribution in [3.05, 3.63) is 47.0 Å². The molecule has 0 aromatic heterocycles. The van der Waals surface area contributed by atoms with E-state index in [0.29, 0.717) is 6.42 Å². The first-order chi connectivity index (χ1) is 14.5. The highest BCUT2D eigenvalue weighted by Crippen LogP contribution is 2.43. The van der Waals surface area contributed by atoms with Crippen LogP contribution in [-0.2, 0) is 17.6 Å². The van der Waals surface area contributed by atoms with Gasteiger partial charge in [-0.3, -0.25) is 0 Å². The number of nitrogens with zero attached hydrogens (tertiary/aromatic N) is 1. The fourth-order valence-electron chi connectivity index (χ4n) is 4.51. The number of benzene rings is 2. The molecule has 1 heterocycles. The van der Waals surface area contributed by atoms with Crippen molar-refractivity contribution in [3.63, 3.8) is 0 Å². The van der Waals surface area contributed by atoms with Crippen LogP contribution in [0, 0.1) is 0 Å². The second kappa shape index (κ2) is 9.39. The van der Waals surface area contributed by atoms with Crippen molar-refractivity contribution in [3.8, 4) is 23.0 Å². The number of hydrogen-bond donors (Lipinski definition) is 0. The molecule has 1 aliphatic rings. The van der Waals surface area contributed by atoms with Crippen molar-refractivity contribution in [2.45, 2.75) is 25.3 Å². The lowest BCUT2D eigenvalue weighted by atomic mass is 9.86. The van der Waals surface area contributed by atoms with Crippen LogP contribution in [0.3, 0.4) is 0 Å². The Morgan fingerprint density at radius 2 is 1.57 bits per heavy atom. The molecule has 0 saturated carbocycles. The van der Waals surface area contributed by atoms with E-state index in [2.05, 4.69) is 25.2 Å². The fourth-order valence-corrected chi connectivity index (χ4v) is 4.51. The minimum Gasteiger partial charge on any atom is -0.493 e. The topological polar surface area (TPSA) is 54.0 Å². The van der Waals surface area contributed by atoms with E-state index >= 15 is 0 Å². The van der Waals surface area contributed by atoms with Gasteiger partial charge in [-0.15, -0.1) is 0 Å². The predicted molar refractivity (Wildman–Crippen MR) is 116 cm³/mol. The van der Waals surface area contributed by atoms with Gasteiger partial charge in [0.1, 0.15) is 12.3 Å². The quantitative estimate of drug-likeness (QED) is 0.464. The van der Waals surface area contributed by atoms with Gasteiger partial charge in [-0.25, -0.2) is 0 Å². The number of aldehydes is 1. The third-order valence-electron chi connectivity index (χ3n) is 6.28. The van der Waals surface area contributed by atoms with Crippen LogP contribution < -0.4 is 18.9 Å². The monoisotopic (exact) mass is 414 g/mol. The molecule has 0 radical (unpaired) electrons. The summed E-state index contributed by atoms with van der Waals surface area (Å²) in [6.45, 7) is 1.77. The van der Waals surface area contributed by atoms with Gasteiger partial charge in [-0.2, -0.15) is 0 Å². The molecule has 3 rings (SSSR count). The van der Waals surface area contributed by atoms with E-state index in [1.165, 1.54) is 11.1 Å². The van der Waals surface area contributed by atoms with Crippen molar-refractivity contribution in [1.82, 2.24) is 0 Å². The molecule has 0 fully saturated rings. The average Bonchev–Trinajstić information content (AvgIpc) is 2.78. The Kier molecular flexibility index (Phi) is 6.87. The van der Waals surface area contributed by atoms with Gasteiger partial charge in [-0.1, -0.05) is 6.07 Å². The minimum absolute atomic E-state index is 0.187. The summed E-state index contributed by atoms with van der Waals surface area (Å²) in [6, 6.07) is 10.5. The Hall–Kier alpha value is -2.73. The SMILES string of the molecule is COc1ccc(CC2c3cc(OC)c(OC)cc3CC[N@+]2(C)CCC=O)cc1OC. The molecule has 6 heteroatoms. The second-order valence-electron chi connectivity index (χ2n) is 7.95. The molecular formula is C24H32NO5+. The third kappa shape index (κ3) is 4.24. The lowest BCUT2D eigenvalue weighted by Crippen LogP contribution is -2.52. The number of quaternary nitrogens is 1. The largest absolute Gasteiger partial charge is 0.493 e. The number of rotatable bonds is 9. The van der Waals surface area contributed by atoms with E-state index in [-0.39, 0.29) is 6.04 Å². The molecular weight excluding hydrogens is 382 g/mol. The van der Waals surface area contributed by atoms with Crippen molar-refractivity contribution in [2.24, 2.45) is 0 Å². The summed E-state index contributed by atoms with van der Waals surface area (Å²) >= 11 is 0. The van der Waals surface area contributed by atoms with Crippen LogP contribution in [0.15, 0.2) is 30.3 Å². The zero-order chi connectivity index (χ0) is 21.7. The molecule has 0 bridgehead atoms. The molecule has 0 spiro atoms. The van der Waals surface area contributed by atoms with Gasteiger partial charge in [0.05, 0.1) is 55.0 Å². The van der Waals surface area contributed by atoms with Gasteiger partial charge < -0.3 is 28.2 Å². The van der Waals surface area contributed by atoms with Gasteiger partial charge in [-0.05, 0) is 35.4 Å². The smallest absolute Gasteiger partial charge is 0.161 e. The second-order valence-corrected chi connectivity index (χ2v) is 7.95. The highest BCUT2D eigenvalue weighted by molar-refractivity contribution is 5.50. The number of fused-ring (bicyclic) bond motifs is 1. The van der Waals surface area contributed by atoms with E-state index < -0.39 is 0 Å². The molecule has 6 nitrogen and oxygen atoms in total. The maximum atomic E-state index is 11.2. The van der Waals surface area contributed by atoms with Crippen LogP contribution in [0.5, 0.6) is 23.0 Å². The molecule has 30 heavy (non-hydrogen) atoms. The van der Waals surface area contributed by atoms with Crippen molar-refractivity contribution in [1.29, 1.82) is 0 Å². The Bertz CT molecular complexity index is 897. The Labute approximate surface area is 178 Å². The van der Waals surface area contributed by atoms with Crippen LogP contribution in [0.4, 0.5) is 0 Å². The zero-order valence-corrected chi connectivity index (χ0v) is 18.6. The van der Waals surface area contributed by atoms with Crippen LogP contribution in [0.25, 0.3) is 0 Å². The number of methoxy groups -OCH3 is 4. The Morgan fingerprint density at radius 1 is 0.933 bits per heavy atom. The minimum atomic E-state index is 0.187. The van der Waals surface area contributed by atoms with Gasteiger partial charge in [0.15, 0.2) is 23.0 Å². The molecule has 0 amide bonds. The molecule has 2 aromatic carbocycles. The molecule has 2 atom stereocenters. The molecule has 1 aliphatic heterocycles. The number of hydrogen-bond acceptors (Lipinski definition) is 5. The van der Waals surface area contributed by atoms with E-state index in [4.69, 9.17) is 18.9 Å². The highest BCUT2D eigenvalue weighted by Gasteiger charge is 2.39. The lowest BCUT2D eigenvalue weighted by molar-refractivity contribution is -0.940. The maximum absolute atomic E-state index is 11.2. The molecule has 1 unspecified atom stereocenters. The summed E-state index contributed by atoms with van der Waals surface area (Å²) in [4.78, 5) is 11.2. The number of likely N-dealkylation sites (N-methyl/N-ethyl adjacent to an activating group) is 1. The van der Waals surface area contributed by atoms with E-state index in [9.17, 15) is 4.79 Å². The first-order valence-corrected chi connectivity index (χ1v) is 10.2. The normalized spacial score (nSPS) is 20.2. The standard InChI is InChI=1S/C24H32NO5/c1-25(10-6-12-26)11-9-18-15-23(29-4)24(30-5)16-19(18)20(25)13-17-7-8-21(27-2)22(14-17)28-3/h7-8,12,14-16,20H,6,9-11,13H2,1-5H3/q+1/t20?,25-/m0/s1. The van der Waals surface area contributed by atoms with Crippen LogP contribution in [-0.4, -0.2) is 59.3 Å². The van der Waals surface area contributed by atoms with E-state index in [1.54, 1.807) is 28.4 Å². The number of ether oxygens (including phenoxy) is 4. The Morgan fingerprint density at radius 3 is 2.20 bits per heavy atom. The van der Waals surface area contributed by atoms with Gasteiger partial charge >= 0.3 is 0 Å². The molecule has 0 aliphatic carbocycles. The summed E-state index contributed by atoms with van der Waals surface area (Å²) in [7, 11) is 8.87. The zero-order valence-electron chi connectivity index (χ0n) is 18.6.